The molecule has 0 fully saturated rings. The zero-order valence-corrected chi connectivity index (χ0v) is 13.0. The van der Waals surface area contributed by atoms with Gasteiger partial charge in [-0.15, -0.1) is 0 Å². The average molecular weight is 328 g/mol. The number of methoxy groups -OCH3 is 2. The van der Waals surface area contributed by atoms with Crippen LogP contribution in [-0.2, 0) is 23.8 Å². The minimum absolute atomic E-state index is 0.0519. The minimum Gasteiger partial charge on any atom is -0.466 e. The summed E-state index contributed by atoms with van der Waals surface area (Å²) in [5, 5.41) is -0.0519. The standard InChI is InChI=1S/C14H14ClNO6/c1-7(13(18)20-3)11(22-8(2)17)10-5-9(14(19)21-4)6-16-12(10)15/h5-6,11H,1H2,2-4H3. The van der Waals surface area contributed by atoms with Crippen LogP contribution >= 0.6 is 11.6 Å². The van der Waals surface area contributed by atoms with Gasteiger partial charge in [-0.3, -0.25) is 4.79 Å². The van der Waals surface area contributed by atoms with Gasteiger partial charge in [0.05, 0.1) is 25.4 Å². The molecule has 0 amide bonds. The molecule has 0 aliphatic carbocycles. The van der Waals surface area contributed by atoms with Gasteiger partial charge in [0.15, 0.2) is 6.10 Å². The zero-order valence-electron chi connectivity index (χ0n) is 12.2. The lowest BCUT2D eigenvalue weighted by atomic mass is 10.0. The predicted octanol–water partition coefficient (Wildman–Crippen LogP) is 1.85. The first-order valence-electron chi connectivity index (χ1n) is 5.99. The summed E-state index contributed by atoms with van der Waals surface area (Å²) in [5.74, 6) is -2.11. The Morgan fingerprint density at radius 2 is 1.91 bits per heavy atom. The van der Waals surface area contributed by atoms with E-state index in [1.807, 2.05) is 0 Å². The number of esters is 3. The van der Waals surface area contributed by atoms with Crippen molar-refractivity contribution in [2.24, 2.45) is 0 Å². The van der Waals surface area contributed by atoms with Gasteiger partial charge in [-0.1, -0.05) is 18.2 Å². The van der Waals surface area contributed by atoms with Gasteiger partial charge in [-0.2, -0.15) is 0 Å². The zero-order chi connectivity index (χ0) is 16.9. The van der Waals surface area contributed by atoms with Crippen LogP contribution in [-0.4, -0.2) is 37.1 Å². The second-order valence-electron chi connectivity index (χ2n) is 4.10. The lowest BCUT2D eigenvalue weighted by Gasteiger charge is -2.19. The molecule has 118 valence electrons. The summed E-state index contributed by atoms with van der Waals surface area (Å²) in [6, 6.07) is 1.31. The van der Waals surface area contributed by atoms with E-state index >= 15 is 0 Å². The van der Waals surface area contributed by atoms with Crippen LogP contribution in [0.2, 0.25) is 5.15 Å². The van der Waals surface area contributed by atoms with Crippen LogP contribution in [0.25, 0.3) is 0 Å². The Morgan fingerprint density at radius 1 is 1.27 bits per heavy atom. The largest absolute Gasteiger partial charge is 0.466 e. The highest BCUT2D eigenvalue weighted by Gasteiger charge is 2.28. The van der Waals surface area contributed by atoms with Crippen LogP contribution in [0.3, 0.4) is 0 Å². The van der Waals surface area contributed by atoms with Gasteiger partial charge in [0.25, 0.3) is 0 Å². The van der Waals surface area contributed by atoms with Crippen LogP contribution in [0, 0.1) is 0 Å². The molecule has 1 rings (SSSR count). The van der Waals surface area contributed by atoms with Crippen LogP contribution in [0.1, 0.15) is 28.9 Å². The molecule has 0 radical (unpaired) electrons. The molecule has 22 heavy (non-hydrogen) atoms. The van der Waals surface area contributed by atoms with Crippen molar-refractivity contribution in [1.82, 2.24) is 4.98 Å². The van der Waals surface area contributed by atoms with Crippen LogP contribution in [0.4, 0.5) is 0 Å². The highest BCUT2D eigenvalue weighted by atomic mass is 35.5. The number of aromatic nitrogens is 1. The van der Waals surface area contributed by atoms with Gasteiger partial charge in [-0.05, 0) is 6.07 Å². The molecule has 0 aliphatic rings. The molecule has 0 saturated carbocycles. The summed E-state index contributed by atoms with van der Waals surface area (Å²) in [7, 11) is 2.36. The molecule has 1 atom stereocenters. The van der Waals surface area contributed by atoms with Crippen LogP contribution in [0.5, 0.6) is 0 Å². The van der Waals surface area contributed by atoms with Crippen molar-refractivity contribution in [3.63, 3.8) is 0 Å². The number of pyridine rings is 1. The molecule has 1 aromatic heterocycles. The molecular weight excluding hydrogens is 314 g/mol. The van der Waals surface area contributed by atoms with Crippen molar-refractivity contribution >= 4 is 29.5 Å². The van der Waals surface area contributed by atoms with E-state index in [0.29, 0.717) is 0 Å². The summed E-state index contributed by atoms with van der Waals surface area (Å²) in [6.07, 6.45) is -0.0294. The second kappa shape index (κ2) is 7.56. The molecule has 0 bridgehead atoms. The molecule has 0 aliphatic heterocycles. The molecule has 1 heterocycles. The highest BCUT2D eigenvalue weighted by molar-refractivity contribution is 6.30. The summed E-state index contributed by atoms with van der Waals surface area (Å²) < 4.78 is 14.2. The maximum Gasteiger partial charge on any atom is 0.339 e. The quantitative estimate of drug-likeness (QED) is 0.353. The smallest absolute Gasteiger partial charge is 0.339 e. The summed E-state index contributed by atoms with van der Waals surface area (Å²) >= 11 is 5.97. The molecule has 0 spiro atoms. The first-order chi connectivity index (χ1) is 10.3. The summed E-state index contributed by atoms with van der Waals surface area (Å²) in [6.45, 7) is 4.69. The topological polar surface area (TPSA) is 91.8 Å². The van der Waals surface area contributed by atoms with Gasteiger partial charge in [0.2, 0.25) is 0 Å². The van der Waals surface area contributed by atoms with Crippen molar-refractivity contribution < 1.29 is 28.6 Å². The first-order valence-corrected chi connectivity index (χ1v) is 6.37. The molecule has 1 aromatic rings. The van der Waals surface area contributed by atoms with E-state index in [-0.39, 0.29) is 21.9 Å². The van der Waals surface area contributed by atoms with E-state index in [1.165, 1.54) is 19.4 Å². The first kappa shape index (κ1) is 17.6. The normalized spacial score (nSPS) is 11.3. The van der Waals surface area contributed by atoms with Gasteiger partial charge in [0.1, 0.15) is 5.15 Å². The van der Waals surface area contributed by atoms with E-state index in [1.54, 1.807) is 0 Å². The Kier molecular flexibility index (Phi) is 6.06. The molecular formula is C14H14ClNO6. The van der Waals surface area contributed by atoms with Gasteiger partial charge < -0.3 is 14.2 Å². The van der Waals surface area contributed by atoms with E-state index in [2.05, 4.69) is 21.0 Å². The number of carbonyl (C=O) groups is 3. The van der Waals surface area contributed by atoms with E-state index in [4.69, 9.17) is 16.3 Å². The maximum absolute atomic E-state index is 11.6. The van der Waals surface area contributed by atoms with Crippen molar-refractivity contribution in [3.05, 3.63) is 40.7 Å². The van der Waals surface area contributed by atoms with E-state index < -0.39 is 24.0 Å². The molecule has 0 aromatic carbocycles. The lowest BCUT2D eigenvalue weighted by Crippen LogP contribution is -2.18. The van der Waals surface area contributed by atoms with E-state index in [9.17, 15) is 14.4 Å². The van der Waals surface area contributed by atoms with Crippen molar-refractivity contribution in [2.45, 2.75) is 13.0 Å². The maximum atomic E-state index is 11.6. The molecule has 0 N–H and O–H groups in total. The third-order valence-electron chi connectivity index (χ3n) is 2.62. The molecule has 8 heteroatoms. The van der Waals surface area contributed by atoms with Gasteiger partial charge >= 0.3 is 17.9 Å². The SMILES string of the molecule is C=C(C(=O)OC)C(OC(C)=O)c1cc(C(=O)OC)cnc1Cl. The van der Waals surface area contributed by atoms with E-state index in [0.717, 1.165) is 14.0 Å². The second-order valence-corrected chi connectivity index (χ2v) is 4.46. The molecule has 1 unspecified atom stereocenters. The highest BCUT2D eigenvalue weighted by Crippen LogP contribution is 2.31. The third-order valence-corrected chi connectivity index (χ3v) is 2.93. The molecule has 0 saturated heterocycles. The Bertz CT molecular complexity index is 628. The number of carbonyl (C=O) groups excluding carboxylic acids is 3. The monoisotopic (exact) mass is 327 g/mol. The fourth-order valence-electron chi connectivity index (χ4n) is 1.60. The molecule has 7 nitrogen and oxygen atoms in total. The fourth-order valence-corrected chi connectivity index (χ4v) is 1.81. The predicted molar refractivity (Wildman–Crippen MR) is 76.2 cm³/mol. The Hall–Kier alpha value is -2.41. The van der Waals surface area contributed by atoms with Crippen molar-refractivity contribution in [1.29, 1.82) is 0 Å². The number of hydrogen-bond acceptors (Lipinski definition) is 7. The Balaban J connectivity index is 3.35. The van der Waals surface area contributed by atoms with Gasteiger partial charge in [0, 0.05) is 18.7 Å². The number of halogens is 1. The van der Waals surface area contributed by atoms with Crippen molar-refractivity contribution in [2.75, 3.05) is 14.2 Å². The van der Waals surface area contributed by atoms with Crippen LogP contribution < -0.4 is 0 Å². The minimum atomic E-state index is -1.23. The number of nitrogens with zero attached hydrogens (tertiary/aromatic N) is 1. The third kappa shape index (κ3) is 4.05. The van der Waals surface area contributed by atoms with Gasteiger partial charge in [-0.25, -0.2) is 14.6 Å². The number of ether oxygens (including phenoxy) is 3. The Morgan fingerprint density at radius 3 is 2.41 bits per heavy atom. The summed E-state index contributed by atoms with van der Waals surface area (Å²) in [4.78, 5) is 38.3. The average Bonchev–Trinajstić information content (AvgIpc) is 2.50. The van der Waals surface area contributed by atoms with Crippen LogP contribution in [0.15, 0.2) is 24.4 Å². The van der Waals surface area contributed by atoms with Crippen molar-refractivity contribution in [3.8, 4) is 0 Å². The fraction of sp³-hybridized carbons (Fsp3) is 0.286. The lowest BCUT2D eigenvalue weighted by molar-refractivity contribution is -0.147. The number of hydrogen-bond donors (Lipinski definition) is 0. The number of rotatable bonds is 5. The summed E-state index contributed by atoms with van der Waals surface area (Å²) in [5.41, 5.74) is 0.0373. The Labute approximate surface area is 131 Å².